The van der Waals surface area contributed by atoms with Gasteiger partial charge in [-0.2, -0.15) is 0 Å². The van der Waals surface area contributed by atoms with Crippen LogP contribution in [-0.2, 0) is 4.74 Å². The van der Waals surface area contributed by atoms with E-state index in [9.17, 15) is 4.79 Å². The van der Waals surface area contributed by atoms with Gasteiger partial charge < -0.3 is 9.64 Å². The fraction of sp³-hybridized carbons (Fsp3) is 0.529. The van der Waals surface area contributed by atoms with Gasteiger partial charge in [0.05, 0.1) is 18.5 Å². The normalized spacial score (nSPS) is 15.6. The lowest BCUT2D eigenvalue weighted by atomic mass is 10.00. The van der Waals surface area contributed by atoms with Gasteiger partial charge in [0.15, 0.2) is 5.13 Å². The Hall–Kier alpha value is -2.02. The Balaban J connectivity index is 2.02. The second-order valence-electron chi connectivity index (χ2n) is 6.28. The van der Waals surface area contributed by atoms with Crippen LogP contribution in [0.1, 0.15) is 40.8 Å². The number of aryl methyl sites for hydroxylation is 2. The number of carbonyl (C=O) groups excluding carboxylic acids is 1. The Morgan fingerprint density at radius 1 is 1.25 bits per heavy atom. The first kappa shape index (κ1) is 16.8. The number of rotatable bonds is 3. The quantitative estimate of drug-likeness (QED) is 0.795. The average molecular weight is 346 g/mol. The number of thiazole rings is 1. The summed E-state index contributed by atoms with van der Waals surface area (Å²) in [7, 11) is 1.39. The molecule has 0 atom stereocenters. The van der Waals surface area contributed by atoms with Gasteiger partial charge in [-0.3, -0.25) is 9.97 Å². The summed E-state index contributed by atoms with van der Waals surface area (Å²) in [6, 6.07) is 0. The van der Waals surface area contributed by atoms with Gasteiger partial charge >= 0.3 is 5.97 Å². The van der Waals surface area contributed by atoms with Crippen molar-refractivity contribution in [2.45, 2.75) is 33.6 Å². The summed E-state index contributed by atoms with van der Waals surface area (Å²) in [5, 5.41) is 0.860. The molecular formula is C17H22N4O2S. The van der Waals surface area contributed by atoms with E-state index in [1.165, 1.54) is 18.4 Å². The average Bonchev–Trinajstić information content (AvgIpc) is 2.99. The molecule has 2 aromatic heterocycles. The molecule has 1 fully saturated rings. The van der Waals surface area contributed by atoms with Crippen LogP contribution in [0.5, 0.6) is 0 Å². The zero-order chi connectivity index (χ0) is 17.3. The number of aromatic nitrogens is 3. The molecule has 2 aromatic rings. The minimum atomic E-state index is -0.374. The smallest absolute Gasteiger partial charge is 0.350 e. The summed E-state index contributed by atoms with van der Waals surface area (Å²) >= 11 is 1.38. The van der Waals surface area contributed by atoms with Crippen molar-refractivity contribution in [2.24, 2.45) is 5.92 Å². The lowest BCUT2D eigenvalue weighted by Gasteiger charge is -2.29. The van der Waals surface area contributed by atoms with E-state index < -0.39 is 0 Å². The van der Waals surface area contributed by atoms with Gasteiger partial charge in [-0.05, 0) is 32.6 Å². The van der Waals surface area contributed by atoms with E-state index in [0.29, 0.717) is 16.3 Å². The third-order valence-electron chi connectivity index (χ3n) is 4.33. The number of hydrogen-bond acceptors (Lipinski definition) is 7. The third kappa shape index (κ3) is 3.26. The van der Waals surface area contributed by atoms with Crippen molar-refractivity contribution < 1.29 is 9.53 Å². The van der Waals surface area contributed by atoms with Crippen molar-refractivity contribution >= 4 is 22.4 Å². The van der Waals surface area contributed by atoms with Gasteiger partial charge in [0.1, 0.15) is 16.3 Å². The maximum Gasteiger partial charge on any atom is 0.350 e. The fourth-order valence-electron chi connectivity index (χ4n) is 2.87. The Morgan fingerprint density at radius 3 is 2.58 bits per heavy atom. The monoisotopic (exact) mass is 346 g/mol. The van der Waals surface area contributed by atoms with E-state index in [-0.39, 0.29) is 5.97 Å². The summed E-state index contributed by atoms with van der Waals surface area (Å²) < 4.78 is 4.94. The van der Waals surface area contributed by atoms with Crippen LogP contribution in [-0.4, -0.2) is 41.1 Å². The van der Waals surface area contributed by atoms with Crippen LogP contribution in [0.25, 0.3) is 11.4 Å². The highest BCUT2D eigenvalue weighted by atomic mass is 32.1. The lowest BCUT2D eigenvalue weighted by molar-refractivity contribution is 0.0607. The Morgan fingerprint density at radius 2 is 1.96 bits per heavy atom. The summed E-state index contributed by atoms with van der Waals surface area (Å²) in [6.45, 7) is 7.99. The maximum absolute atomic E-state index is 12.2. The van der Waals surface area contributed by atoms with Crippen LogP contribution in [0, 0.1) is 19.8 Å². The predicted octanol–water partition coefficient (Wildman–Crippen LogP) is 3.24. The molecule has 0 unspecified atom stereocenters. The second-order valence-corrected chi connectivity index (χ2v) is 7.26. The van der Waals surface area contributed by atoms with Crippen molar-refractivity contribution in [3.63, 3.8) is 0 Å². The molecule has 7 heteroatoms. The Kier molecular flexibility index (Phi) is 4.80. The molecule has 0 saturated carbocycles. The third-order valence-corrected chi connectivity index (χ3v) is 5.43. The van der Waals surface area contributed by atoms with Gasteiger partial charge in [0.25, 0.3) is 0 Å². The molecule has 0 aromatic carbocycles. The number of esters is 1. The molecule has 0 aliphatic carbocycles. The molecular weight excluding hydrogens is 324 g/mol. The van der Waals surface area contributed by atoms with Crippen LogP contribution in [0.15, 0.2) is 6.20 Å². The molecule has 1 aliphatic rings. The summed E-state index contributed by atoms with van der Waals surface area (Å²) in [4.78, 5) is 28.6. The highest BCUT2D eigenvalue weighted by molar-refractivity contribution is 7.17. The van der Waals surface area contributed by atoms with Crippen LogP contribution in [0.2, 0.25) is 0 Å². The lowest BCUT2D eigenvalue weighted by Crippen LogP contribution is -2.32. The summed E-state index contributed by atoms with van der Waals surface area (Å²) in [5.74, 6) is 0.367. The van der Waals surface area contributed by atoms with E-state index >= 15 is 0 Å². The SMILES string of the molecule is COC(=O)c1sc(N2CCC(C)CC2)nc1-c1ncc(C)nc1C. The van der Waals surface area contributed by atoms with E-state index in [0.717, 1.165) is 48.4 Å². The molecule has 1 aliphatic heterocycles. The number of piperidine rings is 1. The zero-order valence-corrected chi connectivity index (χ0v) is 15.3. The zero-order valence-electron chi connectivity index (χ0n) is 14.5. The number of hydrogen-bond donors (Lipinski definition) is 0. The van der Waals surface area contributed by atoms with Gasteiger partial charge in [0, 0.05) is 19.3 Å². The standard InChI is InChI=1S/C17H22N4O2S/c1-10-5-7-21(8-6-10)17-20-14(15(24-17)16(22)23-4)13-12(3)19-11(2)9-18-13/h9-10H,5-8H2,1-4H3. The number of carbonyl (C=O) groups is 1. The maximum atomic E-state index is 12.2. The highest BCUT2D eigenvalue weighted by Crippen LogP contribution is 2.35. The van der Waals surface area contributed by atoms with Gasteiger partial charge in [0.2, 0.25) is 0 Å². The fourth-order valence-corrected chi connectivity index (χ4v) is 3.90. The first-order valence-electron chi connectivity index (χ1n) is 8.14. The van der Waals surface area contributed by atoms with E-state index in [2.05, 4.69) is 21.8 Å². The van der Waals surface area contributed by atoms with Crippen LogP contribution < -0.4 is 4.90 Å². The number of nitrogens with zero attached hydrogens (tertiary/aromatic N) is 4. The minimum absolute atomic E-state index is 0.374. The van der Waals surface area contributed by atoms with Gasteiger partial charge in [-0.1, -0.05) is 18.3 Å². The number of anilines is 1. The number of methoxy groups -OCH3 is 1. The molecule has 3 rings (SSSR count). The molecule has 0 radical (unpaired) electrons. The van der Waals surface area contributed by atoms with Crippen molar-refractivity contribution in [3.05, 3.63) is 22.5 Å². The first-order chi connectivity index (χ1) is 11.5. The van der Waals surface area contributed by atoms with E-state index in [4.69, 9.17) is 9.72 Å². The topological polar surface area (TPSA) is 68.2 Å². The van der Waals surface area contributed by atoms with Crippen molar-refractivity contribution in [1.29, 1.82) is 0 Å². The Labute approximate surface area is 145 Å². The molecule has 128 valence electrons. The molecule has 0 spiro atoms. The molecule has 0 bridgehead atoms. The second kappa shape index (κ2) is 6.84. The molecule has 24 heavy (non-hydrogen) atoms. The van der Waals surface area contributed by atoms with Crippen molar-refractivity contribution in [2.75, 3.05) is 25.1 Å². The van der Waals surface area contributed by atoms with Crippen LogP contribution in [0.3, 0.4) is 0 Å². The summed E-state index contributed by atoms with van der Waals surface area (Å²) in [5.41, 5.74) is 2.83. The molecule has 1 saturated heterocycles. The van der Waals surface area contributed by atoms with E-state index in [1.807, 2.05) is 13.8 Å². The highest BCUT2D eigenvalue weighted by Gasteiger charge is 2.26. The Bertz CT molecular complexity index is 751. The molecule has 0 amide bonds. The summed E-state index contributed by atoms with van der Waals surface area (Å²) in [6.07, 6.45) is 3.99. The first-order valence-corrected chi connectivity index (χ1v) is 8.96. The molecule has 6 nitrogen and oxygen atoms in total. The van der Waals surface area contributed by atoms with Gasteiger partial charge in [-0.25, -0.2) is 9.78 Å². The minimum Gasteiger partial charge on any atom is -0.465 e. The molecule has 0 N–H and O–H groups in total. The number of ether oxygens (including phenoxy) is 1. The van der Waals surface area contributed by atoms with E-state index in [1.54, 1.807) is 6.20 Å². The largest absolute Gasteiger partial charge is 0.465 e. The predicted molar refractivity (Wildman–Crippen MR) is 94.6 cm³/mol. The molecule has 3 heterocycles. The van der Waals surface area contributed by atoms with Crippen molar-refractivity contribution in [1.82, 2.24) is 15.0 Å². The van der Waals surface area contributed by atoms with Crippen LogP contribution in [0.4, 0.5) is 5.13 Å². The van der Waals surface area contributed by atoms with Crippen LogP contribution >= 0.6 is 11.3 Å². The van der Waals surface area contributed by atoms with Gasteiger partial charge in [-0.15, -0.1) is 0 Å². The van der Waals surface area contributed by atoms with Crippen molar-refractivity contribution in [3.8, 4) is 11.4 Å².